The number of nitrogens with zero attached hydrogens (tertiary/aromatic N) is 12. The Labute approximate surface area is 655 Å². The summed E-state index contributed by atoms with van der Waals surface area (Å²) in [7, 11) is 4.17. The third-order valence-corrected chi connectivity index (χ3v) is 18.5. The van der Waals surface area contributed by atoms with E-state index in [4.69, 9.17) is 37.0 Å². The minimum Gasteiger partial charge on any atom is -0.469 e. The number of hydrogen-bond donors (Lipinski definition) is 3. The van der Waals surface area contributed by atoms with Crippen molar-refractivity contribution in [1.82, 2.24) is 76.2 Å². The highest BCUT2D eigenvalue weighted by atomic mass is 16.6. The van der Waals surface area contributed by atoms with Gasteiger partial charge in [-0.1, -0.05) is 50.3 Å². The lowest BCUT2D eigenvalue weighted by atomic mass is 9.93. The molecule has 110 heavy (non-hydrogen) atoms. The number of carbonyl (C=O) groups is 6. The summed E-state index contributed by atoms with van der Waals surface area (Å²) in [4.78, 5) is 96.0. The summed E-state index contributed by atoms with van der Waals surface area (Å²) in [5.41, 5.74) is -0.110. The van der Waals surface area contributed by atoms with Crippen molar-refractivity contribution in [3.63, 3.8) is 0 Å². The van der Waals surface area contributed by atoms with Gasteiger partial charge in [0.2, 0.25) is 23.6 Å². The summed E-state index contributed by atoms with van der Waals surface area (Å²) in [5.74, 6) is 5.70. The van der Waals surface area contributed by atoms with E-state index in [0.29, 0.717) is 78.6 Å². The standard InChI is InChI=1S/2C14H23N3O3.C13H23NO4.2C9H15N3O.C8H15NO2.C8H9NO2.4CH4/c2*1-9-6-7-11(12-15-10(2)16-20-12)8-17(9)13(18)19-14(3,4)5;1-9-6-7-10(11(15)17-5)8-14(9)12(16)18-13(2,3)4;2*1-6-3-4-8(5-10-6)9-11-7(2)12-13-9;2*1-6-3-4-7(5-9-6)8(10)11-2;;;;/h2*9,11H,6-8H2,1-5H3;9-10H,6-8H2,1-5H3;2*6,8,10H,3-5H2,1-2H3;6-7,9H,3-5H2,1-2H3;3-5H,1-2H3;4*1H4/t9-,11+;9-,11-;9-,10?;6-,8?;6-,8+;6-,7?;;;;;/m000000...../s1. The molecule has 626 valence electrons. The van der Waals surface area contributed by atoms with Crippen LogP contribution in [0.4, 0.5) is 14.4 Å². The van der Waals surface area contributed by atoms with Crippen molar-refractivity contribution in [1.29, 1.82) is 0 Å². The number of methoxy groups -OCH3 is 3. The SMILES string of the molecule is C.C.C.C.COC(=O)C1CC[C@H](C)N(C(=O)OC(C)(C)C)C1.COC(=O)C1CC[C@H](C)NC1.COC(=O)c1ccc(C)nc1.Cc1noc(C2CC[C@H](C)NC2)n1.Cc1noc([C@@H]2CC[C@H](C)N(C(=O)OC(C)(C)C)C2)n1.Cc1noc([C@@H]2CC[C@H](C)NC2)n1.Cc1noc([C@H]2CC[C@H](C)N(C(=O)OC(C)(C)C)C2)n1. The van der Waals surface area contributed by atoms with E-state index in [-0.39, 0.29) is 108 Å². The monoisotopic (exact) mass is 1550 g/mol. The van der Waals surface area contributed by atoms with Gasteiger partial charge in [0.05, 0.1) is 62.4 Å². The van der Waals surface area contributed by atoms with Gasteiger partial charge in [-0.05, 0) is 228 Å². The Bertz CT molecular complexity index is 3320. The van der Waals surface area contributed by atoms with Gasteiger partial charge in [0.15, 0.2) is 23.3 Å². The van der Waals surface area contributed by atoms with E-state index in [1.807, 2.05) is 104 Å². The predicted molar refractivity (Wildman–Crippen MR) is 420 cm³/mol. The minimum absolute atomic E-state index is 0. The first-order valence-electron chi connectivity index (χ1n) is 37.3. The molecule has 0 aromatic carbocycles. The number of rotatable bonds is 7. The highest BCUT2D eigenvalue weighted by Crippen LogP contribution is 2.33. The van der Waals surface area contributed by atoms with Gasteiger partial charge >= 0.3 is 36.2 Å². The van der Waals surface area contributed by atoms with Crippen LogP contribution in [0, 0.1) is 46.5 Å². The smallest absolute Gasteiger partial charge is 0.410 e. The molecule has 0 radical (unpaired) electrons. The predicted octanol–water partition coefficient (Wildman–Crippen LogP) is 14.7. The van der Waals surface area contributed by atoms with Crippen LogP contribution in [0.1, 0.15) is 297 Å². The molecule has 11 heterocycles. The second kappa shape index (κ2) is 47.2. The molecule has 31 heteroatoms. The molecule has 0 saturated carbocycles. The van der Waals surface area contributed by atoms with E-state index in [2.05, 4.69) is 91.7 Å². The first-order valence-corrected chi connectivity index (χ1v) is 37.3. The zero-order chi connectivity index (χ0) is 78.8. The fraction of sp³-hybridized carbons (Fsp3) is 0.759. The van der Waals surface area contributed by atoms with Crippen LogP contribution in [0.3, 0.4) is 0 Å². The summed E-state index contributed by atoms with van der Waals surface area (Å²) < 4.78 is 50.9. The molecule has 6 aliphatic rings. The Balaban J connectivity index is 0.000000645. The number of aromatic nitrogens is 9. The molecule has 0 spiro atoms. The molecular formula is C79H139N15O16. The van der Waals surface area contributed by atoms with Crippen LogP contribution in [-0.2, 0) is 38.0 Å². The Hall–Kier alpha value is -8.19. The maximum atomic E-state index is 12.2. The number of esters is 3. The van der Waals surface area contributed by atoms with Crippen LogP contribution < -0.4 is 16.0 Å². The largest absolute Gasteiger partial charge is 0.469 e. The second-order valence-corrected chi connectivity index (χ2v) is 31.5. The lowest BCUT2D eigenvalue weighted by Crippen LogP contribution is -2.49. The summed E-state index contributed by atoms with van der Waals surface area (Å²) in [6, 6.07) is 5.70. The molecule has 0 aliphatic carbocycles. The van der Waals surface area contributed by atoms with E-state index >= 15 is 0 Å². The average molecular weight is 1560 g/mol. The quantitative estimate of drug-likeness (QED) is 0.101. The molecule has 5 aromatic rings. The Morgan fingerprint density at radius 2 is 0.709 bits per heavy atom. The maximum Gasteiger partial charge on any atom is 0.410 e. The molecule has 31 nitrogen and oxygen atoms in total. The van der Waals surface area contributed by atoms with Crippen LogP contribution in [-0.4, -0.2) is 210 Å². The molecule has 12 atom stereocenters. The van der Waals surface area contributed by atoms with Crippen LogP contribution in [0.5, 0.6) is 0 Å². The summed E-state index contributed by atoms with van der Waals surface area (Å²) >= 11 is 0. The van der Waals surface area contributed by atoms with Gasteiger partial charge in [0, 0.05) is 87.4 Å². The maximum absolute atomic E-state index is 12.2. The average Bonchev–Trinajstić information content (AvgIpc) is 1.46. The van der Waals surface area contributed by atoms with Gasteiger partial charge in [0.1, 0.15) is 16.8 Å². The van der Waals surface area contributed by atoms with Gasteiger partial charge in [0.25, 0.3) is 0 Å². The van der Waals surface area contributed by atoms with E-state index < -0.39 is 16.8 Å². The van der Waals surface area contributed by atoms with E-state index in [1.54, 1.807) is 40.7 Å². The molecule has 3 N–H and O–H groups in total. The number of likely N-dealkylation sites (tertiary alicyclic amines) is 3. The number of ether oxygens (including phenoxy) is 6. The zero-order valence-electron chi connectivity index (χ0n) is 67.3. The normalized spacial score (nSPS) is 23.6. The van der Waals surface area contributed by atoms with E-state index in [1.165, 1.54) is 40.4 Å². The van der Waals surface area contributed by atoms with Crippen molar-refractivity contribution in [2.24, 2.45) is 11.8 Å². The molecule has 0 bridgehead atoms. The first kappa shape index (κ1) is 99.8. The van der Waals surface area contributed by atoms with Crippen molar-refractivity contribution in [3.8, 4) is 0 Å². The number of aryl methyl sites for hydroxylation is 5. The molecule has 6 aliphatic heterocycles. The fourth-order valence-corrected chi connectivity index (χ4v) is 12.2. The number of hydrogen-bond acceptors (Lipinski definition) is 28. The molecule has 6 saturated heterocycles. The first-order chi connectivity index (χ1) is 49.7. The molecule has 3 unspecified atom stereocenters. The molecule has 3 amide bonds. The zero-order valence-corrected chi connectivity index (χ0v) is 67.3. The van der Waals surface area contributed by atoms with Crippen LogP contribution in [0.2, 0.25) is 0 Å². The van der Waals surface area contributed by atoms with E-state index in [0.717, 1.165) is 113 Å². The van der Waals surface area contributed by atoms with Crippen LogP contribution in [0.25, 0.3) is 0 Å². The van der Waals surface area contributed by atoms with Crippen molar-refractivity contribution in [2.75, 3.05) is 60.6 Å². The Kier molecular flexibility index (Phi) is 42.9. The third-order valence-electron chi connectivity index (χ3n) is 18.5. The van der Waals surface area contributed by atoms with Crippen LogP contribution in [0.15, 0.2) is 36.4 Å². The molecular weight excluding hydrogens is 1410 g/mol. The highest BCUT2D eigenvalue weighted by molar-refractivity contribution is 5.88. The fourth-order valence-electron chi connectivity index (χ4n) is 12.2. The summed E-state index contributed by atoms with van der Waals surface area (Å²) in [6.07, 6.45) is 12.6. The lowest BCUT2D eigenvalue weighted by molar-refractivity contribution is -0.148. The van der Waals surface area contributed by atoms with Crippen LogP contribution >= 0.6 is 0 Å². The summed E-state index contributed by atoms with van der Waals surface area (Å²) in [6.45, 7) is 42.7. The molecule has 5 aromatic heterocycles. The minimum atomic E-state index is -0.519. The topological polar surface area (TPSA) is 372 Å². The molecule has 6 fully saturated rings. The van der Waals surface area contributed by atoms with Gasteiger partial charge in [-0.2, -0.15) is 19.9 Å². The van der Waals surface area contributed by atoms with Gasteiger partial charge in [-0.3, -0.25) is 14.6 Å². The van der Waals surface area contributed by atoms with Crippen molar-refractivity contribution in [3.05, 3.63) is 76.4 Å². The van der Waals surface area contributed by atoms with Crippen molar-refractivity contribution < 1.29 is 75.3 Å². The highest BCUT2D eigenvalue weighted by Gasteiger charge is 2.39. The van der Waals surface area contributed by atoms with Crippen molar-refractivity contribution in [2.45, 2.75) is 322 Å². The third kappa shape index (κ3) is 34.6. The number of carbonyl (C=O) groups excluding carboxylic acids is 6. The lowest BCUT2D eigenvalue weighted by Gasteiger charge is -2.37. The second-order valence-electron chi connectivity index (χ2n) is 31.5. The number of piperidine rings is 6. The van der Waals surface area contributed by atoms with Gasteiger partial charge < -0.3 is 77.2 Å². The number of amides is 3. The summed E-state index contributed by atoms with van der Waals surface area (Å²) in [5, 5.41) is 25.3. The number of pyridine rings is 1. The molecule has 11 rings (SSSR count). The Morgan fingerprint density at radius 3 is 0.991 bits per heavy atom. The van der Waals surface area contributed by atoms with Gasteiger partial charge in [-0.25, -0.2) is 19.2 Å². The van der Waals surface area contributed by atoms with E-state index in [9.17, 15) is 28.8 Å². The van der Waals surface area contributed by atoms with Crippen molar-refractivity contribution >= 4 is 36.2 Å². The number of nitrogens with one attached hydrogen (secondary N) is 3. The Morgan fingerprint density at radius 1 is 0.400 bits per heavy atom. The van der Waals surface area contributed by atoms with Gasteiger partial charge in [-0.15, -0.1) is 0 Å².